The van der Waals surface area contributed by atoms with Crippen LogP contribution in [0.15, 0.2) is 78.9 Å². The maximum absolute atomic E-state index is 13.6. The van der Waals surface area contributed by atoms with Crippen LogP contribution in [0.1, 0.15) is 35.9 Å². The van der Waals surface area contributed by atoms with E-state index in [0.29, 0.717) is 21.4 Å². The van der Waals surface area contributed by atoms with Gasteiger partial charge in [-0.25, -0.2) is 9.48 Å². The van der Waals surface area contributed by atoms with Gasteiger partial charge in [0.25, 0.3) is 0 Å². The van der Waals surface area contributed by atoms with Crippen LogP contribution in [0, 0.1) is 0 Å². The molecule has 218 valence electrons. The monoisotopic (exact) mass is 608 g/mol. The lowest BCUT2D eigenvalue weighted by Gasteiger charge is -2.26. The molecule has 0 radical (unpaired) electrons. The number of hydrogen-bond acceptors (Lipinski definition) is 7. The van der Waals surface area contributed by atoms with Gasteiger partial charge in [0.15, 0.2) is 11.6 Å². The molecule has 0 fully saturated rings. The van der Waals surface area contributed by atoms with Crippen molar-refractivity contribution in [3.8, 4) is 0 Å². The molecule has 0 spiro atoms. The molecule has 0 bridgehead atoms. The zero-order valence-corrected chi connectivity index (χ0v) is 24.5. The van der Waals surface area contributed by atoms with Gasteiger partial charge in [-0.15, -0.1) is 5.10 Å². The van der Waals surface area contributed by atoms with Gasteiger partial charge in [-0.1, -0.05) is 89.9 Å². The summed E-state index contributed by atoms with van der Waals surface area (Å²) >= 11 is 12.6. The number of rotatable bonds is 13. The lowest BCUT2D eigenvalue weighted by molar-refractivity contribution is -0.145. The van der Waals surface area contributed by atoms with Crippen molar-refractivity contribution in [2.45, 2.75) is 45.4 Å². The number of benzene rings is 3. The SMILES string of the molecule is CCOC(=O)CC(NC(=O)N(Cc1ccccc1)Cc1ccccc1)C(=O)Cn1nnnc1Cc1c(Cl)cccc1Cl. The summed E-state index contributed by atoms with van der Waals surface area (Å²) in [4.78, 5) is 41.2. The van der Waals surface area contributed by atoms with Gasteiger partial charge in [-0.05, 0) is 46.2 Å². The van der Waals surface area contributed by atoms with Crippen LogP contribution in [0.5, 0.6) is 0 Å². The van der Waals surface area contributed by atoms with E-state index >= 15 is 0 Å². The van der Waals surface area contributed by atoms with Gasteiger partial charge in [-0.2, -0.15) is 0 Å². The molecule has 0 aliphatic carbocycles. The summed E-state index contributed by atoms with van der Waals surface area (Å²) in [5.74, 6) is -0.752. The van der Waals surface area contributed by atoms with Crippen LogP contribution in [0.4, 0.5) is 4.79 Å². The molecule has 3 aromatic carbocycles. The number of Topliss-reactive ketones (excluding diaryl/α,β-unsaturated/α-hetero) is 1. The largest absolute Gasteiger partial charge is 0.466 e. The number of tetrazole rings is 1. The van der Waals surface area contributed by atoms with Crippen molar-refractivity contribution in [3.63, 3.8) is 0 Å². The average molecular weight is 610 g/mol. The second kappa shape index (κ2) is 15.1. The highest BCUT2D eigenvalue weighted by atomic mass is 35.5. The topological polar surface area (TPSA) is 119 Å². The minimum absolute atomic E-state index is 0.136. The Labute approximate surface area is 253 Å². The Bertz CT molecular complexity index is 1440. The van der Waals surface area contributed by atoms with E-state index in [-0.39, 0.29) is 39.1 Å². The summed E-state index contributed by atoms with van der Waals surface area (Å²) in [5, 5.41) is 15.3. The fraction of sp³-hybridized carbons (Fsp3) is 0.267. The summed E-state index contributed by atoms with van der Waals surface area (Å²) in [6.07, 6.45) is -0.174. The first-order valence-corrected chi connectivity index (χ1v) is 14.1. The standard InChI is InChI=1S/C30H30Cl2N6O4/c1-2-42-29(40)17-26(27(39)20-38-28(34-35-36-38)16-23-24(31)14-9-15-25(23)32)33-30(41)37(18-21-10-5-3-6-11-21)19-22-12-7-4-8-13-22/h3-15,26H,2,16-20H2,1H3,(H,33,41). The normalized spacial score (nSPS) is 11.5. The van der Waals surface area contributed by atoms with Crippen molar-refractivity contribution in [2.75, 3.05) is 6.61 Å². The highest BCUT2D eigenvalue weighted by molar-refractivity contribution is 6.36. The van der Waals surface area contributed by atoms with E-state index in [4.69, 9.17) is 27.9 Å². The third kappa shape index (κ3) is 8.61. The Morgan fingerprint density at radius 2 is 1.50 bits per heavy atom. The smallest absolute Gasteiger partial charge is 0.318 e. The van der Waals surface area contributed by atoms with Gasteiger partial charge >= 0.3 is 12.0 Å². The van der Waals surface area contributed by atoms with E-state index in [0.717, 1.165) is 11.1 Å². The van der Waals surface area contributed by atoms with Crippen molar-refractivity contribution in [2.24, 2.45) is 0 Å². The molecule has 1 N–H and O–H groups in total. The van der Waals surface area contributed by atoms with Crippen molar-refractivity contribution in [1.82, 2.24) is 30.4 Å². The number of aromatic nitrogens is 4. The zero-order valence-electron chi connectivity index (χ0n) is 23.0. The number of ether oxygens (including phenoxy) is 1. The fourth-order valence-corrected chi connectivity index (χ4v) is 4.80. The van der Waals surface area contributed by atoms with Crippen LogP contribution in [-0.2, 0) is 40.4 Å². The number of amides is 2. The van der Waals surface area contributed by atoms with E-state index in [1.165, 1.54) is 4.68 Å². The maximum Gasteiger partial charge on any atom is 0.318 e. The maximum atomic E-state index is 13.6. The summed E-state index contributed by atoms with van der Waals surface area (Å²) in [6, 6.07) is 22.4. The predicted molar refractivity (Wildman–Crippen MR) is 158 cm³/mol. The number of hydrogen-bond donors (Lipinski definition) is 1. The zero-order chi connectivity index (χ0) is 29.9. The second-order valence-electron chi connectivity index (χ2n) is 9.43. The molecule has 12 heteroatoms. The summed E-state index contributed by atoms with van der Waals surface area (Å²) in [6.45, 7) is 2.08. The minimum Gasteiger partial charge on any atom is -0.466 e. The molecular formula is C30H30Cl2N6O4. The van der Waals surface area contributed by atoms with Crippen LogP contribution in [-0.4, -0.2) is 55.5 Å². The van der Waals surface area contributed by atoms with Crippen molar-refractivity contribution < 1.29 is 19.1 Å². The van der Waals surface area contributed by atoms with Crippen LogP contribution < -0.4 is 5.32 Å². The third-order valence-electron chi connectivity index (χ3n) is 6.39. The highest BCUT2D eigenvalue weighted by Gasteiger charge is 2.28. The van der Waals surface area contributed by atoms with Gasteiger partial charge in [-0.3, -0.25) is 9.59 Å². The molecule has 4 aromatic rings. The number of urea groups is 1. The molecule has 2 amide bonds. The second-order valence-corrected chi connectivity index (χ2v) is 10.2. The molecule has 0 aliphatic heterocycles. The number of nitrogens with one attached hydrogen (secondary N) is 1. The van der Waals surface area contributed by atoms with Crippen LogP contribution >= 0.6 is 23.2 Å². The van der Waals surface area contributed by atoms with E-state index in [2.05, 4.69) is 20.8 Å². The molecule has 0 aliphatic rings. The molecule has 1 heterocycles. The van der Waals surface area contributed by atoms with Crippen LogP contribution in [0.3, 0.4) is 0 Å². The Balaban J connectivity index is 1.54. The first-order valence-electron chi connectivity index (χ1n) is 13.3. The molecule has 0 saturated carbocycles. The summed E-state index contributed by atoms with van der Waals surface area (Å²) in [5.41, 5.74) is 2.43. The van der Waals surface area contributed by atoms with Crippen LogP contribution in [0.25, 0.3) is 0 Å². The van der Waals surface area contributed by atoms with Gasteiger partial charge in [0.05, 0.1) is 13.0 Å². The van der Waals surface area contributed by atoms with Gasteiger partial charge < -0.3 is 15.0 Å². The first kappa shape index (κ1) is 30.7. The molecule has 1 atom stereocenters. The lowest BCUT2D eigenvalue weighted by atomic mass is 10.1. The number of esters is 1. The highest BCUT2D eigenvalue weighted by Crippen LogP contribution is 2.26. The third-order valence-corrected chi connectivity index (χ3v) is 7.10. The predicted octanol–water partition coefficient (Wildman–Crippen LogP) is 4.87. The van der Waals surface area contributed by atoms with Crippen LogP contribution in [0.2, 0.25) is 10.0 Å². The first-order chi connectivity index (χ1) is 20.3. The Morgan fingerprint density at radius 1 is 0.905 bits per heavy atom. The number of carbonyl (C=O) groups is 3. The number of ketones is 1. The quantitative estimate of drug-likeness (QED) is 0.215. The van der Waals surface area contributed by atoms with Crippen molar-refractivity contribution in [3.05, 3.63) is 111 Å². The van der Waals surface area contributed by atoms with Gasteiger partial charge in [0.2, 0.25) is 0 Å². The lowest BCUT2D eigenvalue weighted by Crippen LogP contribution is -2.49. The van der Waals surface area contributed by atoms with E-state index in [1.54, 1.807) is 30.0 Å². The number of carbonyl (C=O) groups excluding carboxylic acids is 3. The van der Waals surface area contributed by atoms with E-state index in [9.17, 15) is 14.4 Å². The van der Waals surface area contributed by atoms with Gasteiger partial charge in [0.1, 0.15) is 12.6 Å². The summed E-state index contributed by atoms with van der Waals surface area (Å²) < 4.78 is 6.39. The fourth-order valence-electron chi connectivity index (χ4n) is 4.27. The molecule has 1 unspecified atom stereocenters. The Kier molecular flexibility index (Phi) is 11.0. The number of halogens is 2. The molecule has 42 heavy (non-hydrogen) atoms. The Hall–Kier alpha value is -4.28. The van der Waals surface area contributed by atoms with E-state index in [1.807, 2.05) is 60.7 Å². The molecule has 1 aromatic heterocycles. The summed E-state index contributed by atoms with van der Waals surface area (Å²) in [7, 11) is 0. The average Bonchev–Trinajstić information content (AvgIpc) is 3.41. The van der Waals surface area contributed by atoms with Crippen molar-refractivity contribution >= 4 is 41.0 Å². The van der Waals surface area contributed by atoms with Gasteiger partial charge in [0, 0.05) is 29.6 Å². The molecule has 0 saturated heterocycles. The molecular weight excluding hydrogens is 579 g/mol. The minimum atomic E-state index is -1.19. The Morgan fingerprint density at radius 3 is 2.07 bits per heavy atom. The molecule has 4 rings (SSSR count). The van der Waals surface area contributed by atoms with E-state index < -0.39 is 23.8 Å². The number of nitrogens with zero attached hydrogens (tertiary/aromatic N) is 5. The van der Waals surface area contributed by atoms with Crippen molar-refractivity contribution in [1.29, 1.82) is 0 Å². The molecule has 10 nitrogen and oxygen atoms in total.